The van der Waals surface area contributed by atoms with Gasteiger partial charge in [0.15, 0.2) is 5.57 Å². The molecule has 0 radical (unpaired) electrons. The van der Waals surface area contributed by atoms with Gasteiger partial charge in [0.1, 0.15) is 12.1 Å². The smallest absolute Gasteiger partial charge is 0.350 e. The van der Waals surface area contributed by atoms with Crippen LogP contribution in [0.3, 0.4) is 0 Å². The second-order valence-electron chi connectivity index (χ2n) is 5.80. The molecule has 1 aliphatic heterocycles. The quantitative estimate of drug-likeness (QED) is 0.405. The van der Waals surface area contributed by atoms with Gasteiger partial charge in [0.05, 0.1) is 20.1 Å². The number of methoxy groups -OCH3 is 1. The maximum Gasteiger partial charge on any atom is 0.350 e. The van der Waals surface area contributed by atoms with Crippen LogP contribution in [0.4, 0.5) is 0 Å². The Morgan fingerprint density at radius 1 is 1.50 bits per heavy atom. The van der Waals surface area contributed by atoms with E-state index in [0.29, 0.717) is 25.6 Å². The lowest BCUT2D eigenvalue weighted by Crippen LogP contribution is -2.54. The highest BCUT2D eigenvalue weighted by molar-refractivity contribution is 5.93. The Kier molecular flexibility index (Phi) is 7.75. The number of nitriles is 1. The first kappa shape index (κ1) is 19.5. The van der Waals surface area contributed by atoms with Crippen LogP contribution < -0.4 is 5.32 Å². The van der Waals surface area contributed by atoms with E-state index in [2.05, 4.69) is 10.1 Å². The minimum atomic E-state index is -0.821. The molecule has 1 saturated heterocycles. The highest BCUT2D eigenvalue weighted by Gasteiger charge is 2.31. The summed E-state index contributed by atoms with van der Waals surface area (Å²) in [6, 6.07) is 0.912. The van der Waals surface area contributed by atoms with E-state index in [1.54, 1.807) is 6.07 Å². The van der Waals surface area contributed by atoms with Crippen LogP contribution in [0.25, 0.3) is 0 Å². The van der Waals surface area contributed by atoms with Crippen molar-refractivity contribution >= 4 is 17.8 Å². The summed E-state index contributed by atoms with van der Waals surface area (Å²) in [7, 11) is 1.17. The third-order valence-corrected chi connectivity index (χ3v) is 3.51. The fourth-order valence-corrected chi connectivity index (χ4v) is 2.13. The van der Waals surface area contributed by atoms with E-state index < -0.39 is 18.0 Å². The van der Waals surface area contributed by atoms with Gasteiger partial charge in [-0.25, -0.2) is 4.79 Å². The topological polar surface area (TPSA) is 109 Å². The van der Waals surface area contributed by atoms with Gasteiger partial charge in [0.2, 0.25) is 5.91 Å². The van der Waals surface area contributed by atoms with Gasteiger partial charge in [0, 0.05) is 19.3 Å². The zero-order valence-corrected chi connectivity index (χ0v) is 14.2. The molecule has 0 saturated carbocycles. The average molecular weight is 337 g/mol. The van der Waals surface area contributed by atoms with Crippen molar-refractivity contribution in [3.8, 4) is 6.07 Å². The number of hydrogen-bond acceptors (Lipinski definition) is 7. The molecule has 24 heavy (non-hydrogen) atoms. The van der Waals surface area contributed by atoms with Crippen molar-refractivity contribution in [3.63, 3.8) is 0 Å². The molecule has 1 atom stereocenters. The Morgan fingerprint density at radius 3 is 2.79 bits per heavy atom. The van der Waals surface area contributed by atoms with E-state index in [0.717, 1.165) is 6.42 Å². The van der Waals surface area contributed by atoms with E-state index in [9.17, 15) is 14.4 Å². The van der Waals surface area contributed by atoms with E-state index in [1.165, 1.54) is 18.2 Å². The SMILES string of the molecule is COC(=O)/C(C#N)=C/N1CCNC(=O)C1CC(=O)OCCC(C)C. The molecule has 1 N–H and O–H groups in total. The summed E-state index contributed by atoms with van der Waals surface area (Å²) in [4.78, 5) is 37.0. The first-order valence-electron chi connectivity index (χ1n) is 7.78. The molecule has 0 aromatic rings. The Balaban J connectivity index is 2.78. The van der Waals surface area contributed by atoms with Crippen LogP contribution >= 0.6 is 0 Å². The summed E-state index contributed by atoms with van der Waals surface area (Å²) in [5.74, 6) is -1.22. The molecule has 0 bridgehead atoms. The second kappa shape index (κ2) is 9.55. The van der Waals surface area contributed by atoms with Gasteiger partial charge >= 0.3 is 11.9 Å². The number of hydrogen-bond donors (Lipinski definition) is 1. The third-order valence-electron chi connectivity index (χ3n) is 3.51. The Morgan fingerprint density at radius 2 is 2.21 bits per heavy atom. The number of piperazine rings is 1. The molecule has 0 aliphatic carbocycles. The van der Waals surface area contributed by atoms with Gasteiger partial charge in [-0.1, -0.05) is 13.8 Å². The maximum atomic E-state index is 12.0. The zero-order valence-electron chi connectivity index (χ0n) is 14.2. The van der Waals surface area contributed by atoms with Crippen molar-refractivity contribution < 1.29 is 23.9 Å². The summed E-state index contributed by atoms with van der Waals surface area (Å²) in [6.07, 6.45) is 1.85. The molecule has 0 spiro atoms. The van der Waals surface area contributed by atoms with Crippen LogP contribution in [0.5, 0.6) is 0 Å². The average Bonchev–Trinajstić information content (AvgIpc) is 2.54. The van der Waals surface area contributed by atoms with Gasteiger partial charge in [-0.2, -0.15) is 5.26 Å². The molecule has 8 heteroatoms. The van der Waals surface area contributed by atoms with E-state index in [1.807, 2.05) is 13.8 Å². The van der Waals surface area contributed by atoms with Crippen LogP contribution in [0.15, 0.2) is 11.8 Å². The minimum absolute atomic E-state index is 0.152. The van der Waals surface area contributed by atoms with E-state index >= 15 is 0 Å². The lowest BCUT2D eigenvalue weighted by Gasteiger charge is -2.33. The normalized spacial score (nSPS) is 18.0. The number of esters is 2. The van der Waals surface area contributed by atoms with Gasteiger partial charge in [0.25, 0.3) is 0 Å². The fraction of sp³-hybridized carbons (Fsp3) is 0.625. The summed E-state index contributed by atoms with van der Waals surface area (Å²) in [5, 5.41) is 11.7. The Hall–Kier alpha value is -2.56. The fourth-order valence-electron chi connectivity index (χ4n) is 2.13. The Labute approximate surface area is 141 Å². The maximum absolute atomic E-state index is 12.0. The number of carbonyl (C=O) groups is 3. The lowest BCUT2D eigenvalue weighted by molar-refractivity contribution is -0.148. The van der Waals surface area contributed by atoms with Crippen molar-refractivity contribution in [1.82, 2.24) is 10.2 Å². The van der Waals surface area contributed by atoms with Crippen molar-refractivity contribution in [3.05, 3.63) is 11.8 Å². The molecular formula is C16H23N3O5. The molecule has 1 fully saturated rings. The number of carbonyl (C=O) groups excluding carboxylic acids is 3. The van der Waals surface area contributed by atoms with Gasteiger partial charge in [-0.15, -0.1) is 0 Å². The number of rotatable bonds is 7. The molecule has 8 nitrogen and oxygen atoms in total. The highest BCUT2D eigenvalue weighted by atomic mass is 16.5. The molecule has 1 rings (SSSR count). The molecular weight excluding hydrogens is 314 g/mol. The summed E-state index contributed by atoms with van der Waals surface area (Å²) < 4.78 is 9.64. The molecule has 1 amide bonds. The monoisotopic (exact) mass is 337 g/mol. The molecule has 0 aromatic carbocycles. The van der Waals surface area contributed by atoms with Crippen LogP contribution in [-0.4, -0.2) is 55.6 Å². The minimum Gasteiger partial charge on any atom is -0.466 e. The summed E-state index contributed by atoms with van der Waals surface area (Å²) in [5.41, 5.74) is -0.231. The second-order valence-corrected chi connectivity index (χ2v) is 5.80. The summed E-state index contributed by atoms with van der Waals surface area (Å²) >= 11 is 0. The molecule has 1 aliphatic rings. The van der Waals surface area contributed by atoms with Crippen molar-refractivity contribution in [2.75, 3.05) is 26.8 Å². The number of nitrogens with one attached hydrogen (secondary N) is 1. The first-order valence-corrected chi connectivity index (χ1v) is 7.78. The molecule has 1 heterocycles. The molecule has 132 valence electrons. The van der Waals surface area contributed by atoms with Crippen LogP contribution in [-0.2, 0) is 23.9 Å². The third kappa shape index (κ3) is 5.91. The highest BCUT2D eigenvalue weighted by Crippen LogP contribution is 2.13. The van der Waals surface area contributed by atoms with Gasteiger partial charge in [-0.3, -0.25) is 9.59 Å². The number of amides is 1. The lowest BCUT2D eigenvalue weighted by atomic mass is 10.1. The number of ether oxygens (including phenoxy) is 2. The van der Waals surface area contributed by atoms with Crippen LogP contribution in [0.2, 0.25) is 0 Å². The predicted octanol–water partition coefficient (Wildman–Crippen LogP) is 0.347. The van der Waals surface area contributed by atoms with E-state index in [4.69, 9.17) is 10.00 Å². The number of nitrogens with zero attached hydrogens (tertiary/aromatic N) is 2. The van der Waals surface area contributed by atoms with E-state index in [-0.39, 0.29) is 17.9 Å². The Bertz CT molecular complexity index is 550. The summed E-state index contributed by atoms with van der Waals surface area (Å²) in [6.45, 7) is 5.06. The zero-order chi connectivity index (χ0) is 18.1. The van der Waals surface area contributed by atoms with Crippen molar-refractivity contribution in [2.24, 2.45) is 5.92 Å². The standard InChI is InChI=1S/C16H23N3O5/c1-11(2)4-7-24-14(20)8-13-15(21)18-5-6-19(13)10-12(9-17)16(22)23-3/h10-11,13H,4-8H2,1-3H3,(H,18,21)/b12-10+. The predicted molar refractivity (Wildman–Crippen MR) is 84.2 cm³/mol. The largest absolute Gasteiger partial charge is 0.466 e. The van der Waals surface area contributed by atoms with Crippen molar-refractivity contribution in [1.29, 1.82) is 5.26 Å². The van der Waals surface area contributed by atoms with Gasteiger partial charge in [-0.05, 0) is 12.3 Å². The van der Waals surface area contributed by atoms with Crippen molar-refractivity contribution in [2.45, 2.75) is 32.7 Å². The van der Waals surface area contributed by atoms with Crippen LogP contribution in [0.1, 0.15) is 26.7 Å². The van der Waals surface area contributed by atoms with Crippen LogP contribution in [0, 0.1) is 17.2 Å². The van der Waals surface area contributed by atoms with Gasteiger partial charge < -0.3 is 19.7 Å². The molecule has 0 aromatic heterocycles. The molecule has 1 unspecified atom stereocenters. The first-order chi connectivity index (χ1) is 11.4.